The van der Waals surface area contributed by atoms with Crippen LogP contribution in [0.15, 0.2) is 36.4 Å². The Labute approximate surface area is 119 Å². The maximum atomic E-state index is 9.19. The summed E-state index contributed by atoms with van der Waals surface area (Å²) in [5.74, 6) is 0. The molecular formula is C17H15N3. The van der Waals surface area contributed by atoms with Crippen LogP contribution in [-0.4, -0.2) is 0 Å². The molecule has 0 atom stereocenters. The van der Waals surface area contributed by atoms with Gasteiger partial charge in [0.15, 0.2) is 0 Å². The van der Waals surface area contributed by atoms with Gasteiger partial charge in [-0.1, -0.05) is 18.2 Å². The molecule has 3 heteroatoms. The van der Waals surface area contributed by atoms with Crippen molar-refractivity contribution in [2.75, 3.05) is 5.32 Å². The summed E-state index contributed by atoms with van der Waals surface area (Å²) in [5, 5.41) is 21.3. The molecule has 98 valence electrons. The lowest BCUT2D eigenvalue weighted by molar-refractivity contribution is 1.11. The van der Waals surface area contributed by atoms with Crippen molar-refractivity contribution in [3.63, 3.8) is 0 Å². The van der Waals surface area contributed by atoms with Gasteiger partial charge in [-0.3, -0.25) is 0 Å². The van der Waals surface area contributed by atoms with Gasteiger partial charge in [0.1, 0.15) is 6.07 Å². The Morgan fingerprint density at radius 1 is 1.00 bits per heavy atom. The molecule has 20 heavy (non-hydrogen) atoms. The van der Waals surface area contributed by atoms with Gasteiger partial charge in [-0.2, -0.15) is 10.5 Å². The van der Waals surface area contributed by atoms with Crippen LogP contribution < -0.4 is 5.32 Å². The molecule has 2 aromatic rings. The molecule has 0 aliphatic heterocycles. The zero-order valence-corrected chi connectivity index (χ0v) is 11.6. The number of aryl methyl sites for hydroxylation is 2. The van der Waals surface area contributed by atoms with E-state index in [-0.39, 0.29) is 0 Å². The first-order valence-electron chi connectivity index (χ1n) is 6.39. The second-order valence-corrected chi connectivity index (χ2v) is 4.72. The van der Waals surface area contributed by atoms with Crippen LogP contribution in [0.5, 0.6) is 0 Å². The Hall–Kier alpha value is -2.78. The summed E-state index contributed by atoms with van der Waals surface area (Å²) < 4.78 is 0. The fourth-order valence-electron chi connectivity index (χ4n) is 2.12. The van der Waals surface area contributed by atoms with Gasteiger partial charge in [-0.05, 0) is 48.7 Å². The summed E-state index contributed by atoms with van der Waals surface area (Å²) in [7, 11) is 0. The number of anilines is 1. The zero-order valence-electron chi connectivity index (χ0n) is 11.6. The molecule has 0 bridgehead atoms. The van der Waals surface area contributed by atoms with E-state index in [1.165, 1.54) is 0 Å². The van der Waals surface area contributed by atoms with Crippen LogP contribution in [0.3, 0.4) is 0 Å². The highest BCUT2D eigenvalue weighted by Crippen LogP contribution is 2.20. The van der Waals surface area contributed by atoms with Crippen molar-refractivity contribution in [1.29, 1.82) is 10.5 Å². The minimum atomic E-state index is 0.635. The molecule has 0 spiro atoms. The fourth-order valence-corrected chi connectivity index (χ4v) is 2.12. The number of nitriles is 2. The third-order valence-corrected chi connectivity index (χ3v) is 3.33. The van der Waals surface area contributed by atoms with Crippen molar-refractivity contribution < 1.29 is 0 Å². The summed E-state index contributed by atoms with van der Waals surface area (Å²) in [5.41, 5.74) is 5.35. The number of nitrogens with zero attached hydrogens (tertiary/aromatic N) is 2. The van der Waals surface area contributed by atoms with E-state index in [1.54, 1.807) is 0 Å². The van der Waals surface area contributed by atoms with Crippen LogP contribution >= 0.6 is 0 Å². The van der Waals surface area contributed by atoms with Crippen LogP contribution in [-0.2, 0) is 6.54 Å². The van der Waals surface area contributed by atoms with Crippen molar-refractivity contribution in [3.8, 4) is 12.1 Å². The van der Waals surface area contributed by atoms with E-state index in [0.717, 1.165) is 22.4 Å². The van der Waals surface area contributed by atoms with E-state index in [0.29, 0.717) is 17.7 Å². The maximum Gasteiger partial charge on any atom is 0.102 e. The van der Waals surface area contributed by atoms with Crippen molar-refractivity contribution in [1.82, 2.24) is 0 Å². The van der Waals surface area contributed by atoms with Crippen LogP contribution in [0.25, 0.3) is 0 Å². The molecule has 0 radical (unpaired) electrons. The Bertz CT molecular complexity index is 718. The van der Waals surface area contributed by atoms with E-state index in [9.17, 15) is 5.26 Å². The van der Waals surface area contributed by atoms with Crippen molar-refractivity contribution >= 4 is 5.69 Å². The molecule has 2 aromatic carbocycles. The monoisotopic (exact) mass is 261 g/mol. The van der Waals surface area contributed by atoms with E-state index in [1.807, 2.05) is 50.2 Å². The second kappa shape index (κ2) is 5.91. The third kappa shape index (κ3) is 2.79. The summed E-state index contributed by atoms with van der Waals surface area (Å²) >= 11 is 0. The summed E-state index contributed by atoms with van der Waals surface area (Å²) in [4.78, 5) is 0. The fraction of sp³-hybridized carbons (Fsp3) is 0.176. The number of rotatable bonds is 3. The Morgan fingerprint density at radius 2 is 1.80 bits per heavy atom. The average Bonchev–Trinajstić information content (AvgIpc) is 2.46. The maximum absolute atomic E-state index is 9.19. The molecule has 0 amide bonds. The van der Waals surface area contributed by atoms with Crippen molar-refractivity contribution in [2.45, 2.75) is 20.4 Å². The number of hydrogen-bond donors (Lipinski definition) is 1. The first-order chi connectivity index (χ1) is 9.65. The molecule has 0 aliphatic rings. The van der Waals surface area contributed by atoms with Gasteiger partial charge in [-0.25, -0.2) is 0 Å². The quantitative estimate of drug-likeness (QED) is 0.917. The van der Waals surface area contributed by atoms with Crippen LogP contribution in [0.4, 0.5) is 5.69 Å². The Balaban J connectivity index is 2.20. The highest BCUT2D eigenvalue weighted by atomic mass is 14.9. The number of benzene rings is 2. The van der Waals surface area contributed by atoms with E-state index in [2.05, 4.69) is 17.5 Å². The first-order valence-corrected chi connectivity index (χ1v) is 6.39. The molecule has 0 fully saturated rings. The number of nitrogens with one attached hydrogen (secondary N) is 1. The third-order valence-electron chi connectivity index (χ3n) is 3.33. The Kier molecular flexibility index (Phi) is 4.03. The topological polar surface area (TPSA) is 59.6 Å². The van der Waals surface area contributed by atoms with Gasteiger partial charge in [0, 0.05) is 6.54 Å². The predicted molar refractivity (Wildman–Crippen MR) is 79.1 cm³/mol. The lowest BCUT2D eigenvalue weighted by Gasteiger charge is -2.11. The van der Waals surface area contributed by atoms with Gasteiger partial charge in [-0.15, -0.1) is 0 Å². The van der Waals surface area contributed by atoms with Crippen molar-refractivity contribution in [3.05, 3.63) is 64.2 Å². The van der Waals surface area contributed by atoms with Crippen LogP contribution in [0.1, 0.15) is 27.8 Å². The molecule has 3 nitrogen and oxygen atoms in total. The molecule has 0 saturated carbocycles. The van der Waals surface area contributed by atoms with Crippen molar-refractivity contribution in [2.24, 2.45) is 0 Å². The molecule has 1 N–H and O–H groups in total. The van der Waals surface area contributed by atoms with Crippen LogP contribution in [0, 0.1) is 36.5 Å². The normalized spacial score (nSPS) is 9.60. The SMILES string of the molecule is Cc1cc(C#N)ccc1CNc1cccc(C)c1C#N. The highest BCUT2D eigenvalue weighted by molar-refractivity contribution is 5.60. The molecule has 2 rings (SSSR count). The van der Waals surface area contributed by atoms with E-state index >= 15 is 0 Å². The first kappa shape index (κ1) is 13.6. The van der Waals surface area contributed by atoms with Gasteiger partial charge >= 0.3 is 0 Å². The van der Waals surface area contributed by atoms with Gasteiger partial charge < -0.3 is 5.32 Å². The molecule has 0 unspecified atom stereocenters. The highest BCUT2D eigenvalue weighted by Gasteiger charge is 2.05. The van der Waals surface area contributed by atoms with E-state index < -0.39 is 0 Å². The number of hydrogen-bond acceptors (Lipinski definition) is 3. The minimum absolute atomic E-state index is 0.635. The smallest absolute Gasteiger partial charge is 0.102 e. The van der Waals surface area contributed by atoms with E-state index in [4.69, 9.17) is 5.26 Å². The summed E-state index contributed by atoms with van der Waals surface area (Å²) in [6.45, 7) is 4.55. The van der Waals surface area contributed by atoms with Gasteiger partial charge in [0.05, 0.1) is 22.9 Å². The largest absolute Gasteiger partial charge is 0.380 e. The Morgan fingerprint density at radius 3 is 2.45 bits per heavy atom. The molecular weight excluding hydrogens is 246 g/mol. The van der Waals surface area contributed by atoms with Crippen LogP contribution in [0.2, 0.25) is 0 Å². The molecule has 0 heterocycles. The minimum Gasteiger partial charge on any atom is -0.380 e. The average molecular weight is 261 g/mol. The standard InChI is InChI=1S/C17H15N3/c1-12-4-3-5-17(16(12)10-19)20-11-15-7-6-14(9-18)8-13(15)2/h3-8,20H,11H2,1-2H3. The summed E-state index contributed by atoms with van der Waals surface area (Å²) in [6.07, 6.45) is 0. The molecule has 0 aliphatic carbocycles. The lowest BCUT2D eigenvalue weighted by Crippen LogP contribution is -2.04. The van der Waals surface area contributed by atoms with Gasteiger partial charge in [0.2, 0.25) is 0 Å². The summed E-state index contributed by atoms with van der Waals surface area (Å²) in [6, 6.07) is 15.8. The van der Waals surface area contributed by atoms with Gasteiger partial charge in [0.25, 0.3) is 0 Å². The second-order valence-electron chi connectivity index (χ2n) is 4.72. The zero-order chi connectivity index (χ0) is 14.5. The predicted octanol–water partition coefficient (Wildman–Crippen LogP) is 3.66. The molecule has 0 aromatic heterocycles. The molecule has 0 saturated heterocycles. The lowest BCUT2D eigenvalue weighted by atomic mass is 10.0.